The van der Waals surface area contributed by atoms with Gasteiger partial charge in [-0.05, 0) is 38.0 Å². The van der Waals surface area contributed by atoms with E-state index in [1.807, 2.05) is 0 Å². The molecule has 0 spiro atoms. The minimum absolute atomic E-state index is 0.180. The first-order chi connectivity index (χ1) is 14.8. The van der Waals surface area contributed by atoms with Gasteiger partial charge in [-0.1, -0.05) is 6.07 Å². The zero-order valence-corrected chi connectivity index (χ0v) is 17.7. The number of benzene rings is 1. The fourth-order valence-corrected chi connectivity index (χ4v) is 3.40. The molecule has 1 saturated heterocycles. The molecule has 10 heteroatoms. The van der Waals surface area contributed by atoms with E-state index in [4.69, 9.17) is 14.2 Å². The number of hydrogen-bond acceptors (Lipinski definition) is 7. The van der Waals surface area contributed by atoms with Gasteiger partial charge in [0.25, 0.3) is 5.91 Å². The van der Waals surface area contributed by atoms with Crippen molar-refractivity contribution >= 4 is 23.8 Å². The minimum atomic E-state index is -1.33. The van der Waals surface area contributed by atoms with E-state index < -0.39 is 29.9 Å². The molecule has 0 bridgehead atoms. The van der Waals surface area contributed by atoms with Crippen LogP contribution in [0.4, 0.5) is 4.79 Å². The van der Waals surface area contributed by atoms with Gasteiger partial charge in [0.05, 0.1) is 19.8 Å². The maximum atomic E-state index is 13.0. The van der Waals surface area contributed by atoms with E-state index in [2.05, 4.69) is 10.6 Å². The first-order valence-corrected chi connectivity index (χ1v) is 10.3. The molecule has 1 fully saturated rings. The number of esters is 1. The lowest BCUT2D eigenvalue weighted by Gasteiger charge is -2.23. The summed E-state index contributed by atoms with van der Waals surface area (Å²) in [5, 5.41) is 5.28. The van der Waals surface area contributed by atoms with Gasteiger partial charge < -0.3 is 24.8 Å². The zero-order chi connectivity index (χ0) is 22.4. The highest BCUT2D eigenvalue weighted by Gasteiger charge is 2.49. The SMILES string of the molecule is CCOC(=O)CCCNC(=O)CN1C(=O)NC(C)(c2ccc3c(c2)OCCCO3)C1=O. The molecule has 2 heterocycles. The van der Waals surface area contributed by atoms with Gasteiger partial charge in [0, 0.05) is 19.4 Å². The summed E-state index contributed by atoms with van der Waals surface area (Å²) >= 11 is 0. The van der Waals surface area contributed by atoms with Gasteiger partial charge >= 0.3 is 12.0 Å². The highest BCUT2D eigenvalue weighted by Crippen LogP contribution is 2.36. The summed E-state index contributed by atoms with van der Waals surface area (Å²) in [7, 11) is 0. The third kappa shape index (κ3) is 5.07. The van der Waals surface area contributed by atoms with Crippen LogP contribution in [0, 0.1) is 0 Å². The van der Waals surface area contributed by atoms with Crippen molar-refractivity contribution in [2.45, 2.75) is 38.6 Å². The highest BCUT2D eigenvalue weighted by molar-refractivity contribution is 6.09. The molecule has 31 heavy (non-hydrogen) atoms. The second-order valence-electron chi connectivity index (χ2n) is 7.42. The smallest absolute Gasteiger partial charge is 0.325 e. The largest absolute Gasteiger partial charge is 0.490 e. The van der Waals surface area contributed by atoms with Crippen LogP contribution in [-0.4, -0.2) is 61.6 Å². The maximum Gasteiger partial charge on any atom is 0.325 e. The predicted molar refractivity (Wildman–Crippen MR) is 109 cm³/mol. The second-order valence-corrected chi connectivity index (χ2v) is 7.42. The fourth-order valence-electron chi connectivity index (χ4n) is 3.40. The lowest BCUT2D eigenvalue weighted by molar-refractivity contribution is -0.143. The van der Waals surface area contributed by atoms with Gasteiger partial charge in [-0.25, -0.2) is 4.79 Å². The van der Waals surface area contributed by atoms with E-state index in [0.29, 0.717) is 43.3 Å². The third-order valence-corrected chi connectivity index (χ3v) is 5.09. The lowest BCUT2D eigenvalue weighted by Crippen LogP contribution is -2.43. The summed E-state index contributed by atoms with van der Waals surface area (Å²) < 4.78 is 16.1. The Bertz CT molecular complexity index is 873. The van der Waals surface area contributed by atoms with Crippen LogP contribution in [-0.2, 0) is 24.7 Å². The minimum Gasteiger partial charge on any atom is -0.490 e. The average molecular weight is 433 g/mol. The Morgan fingerprint density at radius 3 is 2.71 bits per heavy atom. The Morgan fingerprint density at radius 2 is 1.97 bits per heavy atom. The van der Waals surface area contributed by atoms with Crippen LogP contribution in [0.1, 0.15) is 38.7 Å². The molecule has 0 aliphatic carbocycles. The van der Waals surface area contributed by atoms with Crippen LogP contribution in [0.5, 0.6) is 11.5 Å². The molecule has 0 aromatic heterocycles. The Balaban J connectivity index is 1.60. The number of imide groups is 1. The van der Waals surface area contributed by atoms with Crippen LogP contribution in [0.2, 0.25) is 0 Å². The van der Waals surface area contributed by atoms with Gasteiger partial charge in [0.1, 0.15) is 12.1 Å². The molecule has 3 rings (SSSR count). The molecule has 0 saturated carbocycles. The zero-order valence-electron chi connectivity index (χ0n) is 17.7. The molecule has 1 aromatic rings. The number of ether oxygens (including phenoxy) is 3. The van der Waals surface area contributed by atoms with Gasteiger partial charge in [-0.3, -0.25) is 19.3 Å². The first kappa shape index (κ1) is 22.4. The Labute approximate surface area is 180 Å². The van der Waals surface area contributed by atoms with Gasteiger partial charge in [-0.15, -0.1) is 0 Å². The highest BCUT2D eigenvalue weighted by atomic mass is 16.5. The number of nitrogens with zero attached hydrogens (tertiary/aromatic N) is 1. The van der Waals surface area contributed by atoms with Crippen molar-refractivity contribution < 1.29 is 33.4 Å². The van der Waals surface area contributed by atoms with Crippen molar-refractivity contribution in [2.24, 2.45) is 0 Å². The topological polar surface area (TPSA) is 123 Å². The fraction of sp³-hybridized carbons (Fsp3) is 0.524. The summed E-state index contributed by atoms with van der Waals surface area (Å²) in [5.41, 5.74) is -0.793. The van der Waals surface area contributed by atoms with Crippen molar-refractivity contribution in [2.75, 3.05) is 32.9 Å². The summed E-state index contributed by atoms with van der Waals surface area (Å²) in [6.07, 6.45) is 1.33. The molecule has 4 amide bonds. The number of urea groups is 1. The number of carbonyl (C=O) groups is 4. The van der Waals surface area contributed by atoms with Crippen molar-refractivity contribution in [3.05, 3.63) is 23.8 Å². The summed E-state index contributed by atoms with van der Waals surface area (Å²) in [6.45, 7) is 4.48. The third-order valence-electron chi connectivity index (χ3n) is 5.09. The maximum absolute atomic E-state index is 13.0. The first-order valence-electron chi connectivity index (χ1n) is 10.3. The predicted octanol–water partition coefficient (Wildman–Crippen LogP) is 1.07. The van der Waals surface area contributed by atoms with Crippen molar-refractivity contribution in [3.8, 4) is 11.5 Å². The number of fused-ring (bicyclic) bond motifs is 1. The quantitative estimate of drug-likeness (QED) is 0.357. The van der Waals surface area contributed by atoms with Gasteiger partial charge in [-0.2, -0.15) is 0 Å². The lowest BCUT2D eigenvalue weighted by atomic mass is 9.91. The molecule has 2 N–H and O–H groups in total. The number of rotatable bonds is 8. The van der Waals surface area contributed by atoms with Crippen LogP contribution >= 0.6 is 0 Å². The number of nitrogens with one attached hydrogen (secondary N) is 2. The summed E-state index contributed by atoms with van der Waals surface area (Å²) in [6, 6.07) is 4.43. The van der Waals surface area contributed by atoms with Crippen LogP contribution in [0.3, 0.4) is 0 Å². The van der Waals surface area contributed by atoms with E-state index in [-0.39, 0.29) is 18.9 Å². The molecule has 1 aromatic carbocycles. The van der Waals surface area contributed by atoms with Crippen LogP contribution in [0.25, 0.3) is 0 Å². The van der Waals surface area contributed by atoms with Crippen molar-refractivity contribution in [3.63, 3.8) is 0 Å². The molecular weight excluding hydrogens is 406 g/mol. The Hall–Kier alpha value is -3.30. The van der Waals surface area contributed by atoms with Crippen LogP contribution in [0.15, 0.2) is 18.2 Å². The summed E-state index contributed by atoms with van der Waals surface area (Å²) in [5.74, 6) is -0.266. The second kappa shape index (κ2) is 9.67. The molecule has 10 nitrogen and oxygen atoms in total. The van der Waals surface area contributed by atoms with E-state index >= 15 is 0 Å². The van der Waals surface area contributed by atoms with Crippen molar-refractivity contribution in [1.82, 2.24) is 15.5 Å². The molecule has 0 radical (unpaired) electrons. The Morgan fingerprint density at radius 1 is 1.23 bits per heavy atom. The molecule has 2 aliphatic rings. The molecule has 2 aliphatic heterocycles. The molecular formula is C21H27N3O7. The van der Waals surface area contributed by atoms with Crippen molar-refractivity contribution in [1.29, 1.82) is 0 Å². The molecule has 1 atom stereocenters. The van der Waals surface area contributed by atoms with E-state index in [1.54, 1.807) is 32.0 Å². The summed E-state index contributed by atoms with van der Waals surface area (Å²) in [4.78, 5) is 49.9. The van der Waals surface area contributed by atoms with E-state index in [9.17, 15) is 19.2 Å². The standard InChI is InChI=1S/C21H27N3O7/c1-3-29-18(26)6-4-9-22-17(25)13-24-19(27)21(2,23-20(24)28)14-7-8-15-16(12-14)31-11-5-10-30-15/h7-8,12H,3-6,9-11,13H2,1-2H3,(H,22,25)(H,23,28). The monoisotopic (exact) mass is 433 g/mol. The van der Waals surface area contributed by atoms with E-state index in [1.165, 1.54) is 0 Å². The molecule has 168 valence electrons. The normalized spacial score (nSPS) is 20.1. The average Bonchev–Trinajstić information content (AvgIpc) is 2.91. The number of amides is 4. The van der Waals surface area contributed by atoms with Crippen LogP contribution < -0.4 is 20.1 Å². The number of hydrogen-bond donors (Lipinski definition) is 2. The van der Waals surface area contributed by atoms with E-state index in [0.717, 1.165) is 11.3 Å². The van der Waals surface area contributed by atoms with Gasteiger partial charge in [0.2, 0.25) is 5.91 Å². The van der Waals surface area contributed by atoms with Gasteiger partial charge in [0.15, 0.2) is 11.5 Å². The Kier molecular flexibility index (Phi) is 6.98. The number of carbonyl (C=O) groups excluding carboxylic acids is 4. The molecule has 1 unspecified atom stereocenters.